The number of nitrogens with one attached hydrogen (secondary N) is 2. The van der Waals surface area contributed by atoms with Crippen molar-refractivity contribution in [3.8, 4) is 0 Å². The van der Waals surface area contributed by atoms with Gasteiger partial charge in [-0.05, 0) is 54.8 Å². The van der Waals surface area contributed by atoms with Crippen LogP contribution in [0, 0.1) is 5.82 Å². The number of thioether (sulfide) groups is 1. The van der Waals surface area contributed by atoms with Gasteiger partial charge >= 0.3 is 0 Å². The standard InChI is InChI=1S/C21H23FN2O2S/c22-17-9-11-19(12-10-17)23-20(25)14-27-13-15-5-7-16(8-6-15)21(26)24-18-3-1-2-4-18/h5-12,18H,1-4,13-14H2,(H,23,25)(H,24,26). The molecule has 0 aromatic heterocycles. The van der Waals surface area contributed by atoms with Crippen LogP contribution >= 0.6 is 11.8 Å². The predicted molar refractivity (Wildman–Crippen MR) is 107 cm³/mol. The zero-order chi connectivity index (χ0) is 19.1. The quantitative estimate of drug-likeness (QED) is 0.743. The molecule has 142 valence electrons. The maximum absolute atomic E-state index is 12.9. The molecule has 1 saturated carbocycles. The Bertz CT molecular complexity index is 772. The molecule has 6 heteroatoms. The van der Waals surface area contributed by atoms with E-state index < -0.39 is 0 Å². The first kappa shape index (κ1) is 19.4. The van der Waals surface area contributed by atoms with Gasteiger partial charge in [0.25, 0.3) is 5.91 Å². The van der Waals surface area contributed by atoms with Crippen molar-refractivity contribution in [3.63, 3.8) is 0 Å². The summed E-state index contributed by atoms with van der Waals surface area (Å²) in [7, 11) is 0. The lowest BCUT2D eigenvalue weighted by molar-refractivity contribution is -0.113. The van der Waals surface area contributed by atoms with E-state index in [-0.39, 0.29) is 17.6 Å². The summed E-state index contributed by atoms with van der Waals surface area (Å²) < 4.78 is 12.9. The zero-order valence-corrected chi connectivity index (χ0v) is 15.9. The van der Waals surface area contributed by atoms with Crippen molar-refractivity contribution in [2.75, 3.05) is 11.1 Å². The molecule has 2 aromatic rings. The van der Waals surface area contributed by atoms with Gasteiger partial charge in [0.05, 0.1) is 5.75 Å². The first-order valence-corrected chi connectivity index (χ1v) is 10.3. The summed E-state index contributed by atoms with van der Waals surface area (Å²) in [4.78, 5) is 24.1. The molecule has 2 amide bonds. The normalized spacial score (nSPS) is 14.1. The zero-order valence-electron chi connectivity index (χ0n) is 15.0. The average molecular weight is 386 g/mol. The third-order valence-corrected chi connectivity index (χ3v) is 5.54. The van der Waals surface area contributed by atoms with Crippen LogP contribution in [0.15, 0.2) is 48.5 Å². The fourth-order valence-electron chi connectivity index (χ4n) is 3.08. The smallest absolute Gasteiger partial charge is 0.251 e. The Morgan fingerprint density at radius 3 is 2.33 bits per heavy atom. The van der Waals surface area contributed by atoms with Gasteiger partial charge in [-0.2, -0.15) is 0 Å². The summed E-state index contributed by atoms with van der Waals surface area (Å²) in [5.74, 6) is 0.518. The van der Waals surface area contributed by atoms with Gasteiger partial charge in [0.15, 0.2) is 0 Å². The van der Waals surface area contributed by atoms with Crippen LogP contribution in [0.5, 0.6) is 0 Å². The van der Waals surface area contributed by atoms with Crippen LogP contribution in [0.3, 0.4) is 0 Å². The highest BCUT2D eigenvalue weighted by Gasteiger charge is 2.17. The van der Waals surface area contributed by atoms with E-state index in [4.69, 9.17) is 0 Å². The number of rotatable bonds is 7. The Hall–Kier alpha value is -2.34. The molecule has 0 saturated heterocycles. The summed E-state index contributed by atoms with van der Waals surface area (Å²) in [5, 5.41) is 5.81. The number of anilines is 1. The SMILES string of the molecule is O=C(CSCc1ccc(C(=O)NC2CCCC2)cc1)Nc1ccc(F)cc1. The molecule has 0 aliphatic heterocycles. The van der Waals surface area contributed by atoms with E-state index in [0.717, 1.165) is 18.4 Å². The number of carbonyl (C=O) groups is 2. The van der Waals surface area contributed by atoms with Gasteiger partial charge in [-0.1, -0.05) is 25.0 Å². The first-order valence-electron chi connectivity index (χ1n) is 9.13. The Kier molecular flexibility index (Phi) is 6.87. The highest BCUT2D eigenvalue weighted by Crippen LogP contribution is 2.19. The largest absolute Gasteiger partial charge is 0.349 e. The minimum absolute atomic E-state index is 0.0141. The maximum atomic E-state index is 12.9. The molecule has 27 heavy (non-hydrogen) atoms. The molecular formula is C21H23FN2O2S. The lowest BCUT2D eigenvalue weighted by Crippen LogP contribution is -2.32. The minimum Gasteiger partial charge on any atom is -0.349 e. The van der Waals surface area contributed by atoms with Crippen LogP contribution in [-0.4, -0.2) is 23.6 Å². The second-order valence-electron chi connectivity index (χ2n) is 6.70. The van der Waals surface area contributed by atoms with Gasteiger partial charge < -0.3 is 10.6 Å². The molecule has 1 aliphatic rings. The number of hydrogen-bond donors (Lipinski definition) is 2. The molecule has 1 aliphatic carbocycles. The van der Waals surface area contributed by atoms with E-state index >= 15 is 0 Å². The Morgan fingerprint density at radius 2 is 1.67 bits per heavy atom. The molecule has 2 N–H and O–H groups in total. The van der Waals surface area contributed by atoms with Crippen molar-refractivity contribution in [2.24, 2.45) is 0 Å². The van der Waals surface area contributed by atoms with Crippen LogP contribution in [0.1, 0.15) is 41.6 Å². The third-order valence-electron chi connectivity index (χ3n) is 4.54. The van der Waals surface area contributed by atoms with Crippen LogP contribution in [0.2, 0.25) is 0 Å². The van der Waals surface area contributed by atoms with Crippen LogP contribution in [-0.2, 0) is 10.5 Å². The van der Waals surface area contributed by atoms with E-state index in [1.807, 2.05) is 24.3 Å². The van der Waals surface area contributed by atoms with Gasteiger partial charge in [-0.15, -0.1) is 11.8 Å². The van der Waals surface area contributed by atoms with E-state index in [1.165, 1.54) is 48.9 Å². The lowest BCUT2D eigenvalue weighted by Gasteiger charge is -2.12. The summed E-state index contributed by atoms with van der Waals surface area (Å²) in [6.45, 7) is 0. The van der Waals surface area contributed by atoms with Gasteiger partial charge in [-0.3, -0.25) is 9.59 Å². The highest BCUT2D eigenvalue weighted by atomic mass is 32.2. The molecule has 0 bridgehead atoms. The molecule has 0 unspecified atom stereocenters. The van der Waals surface area contributed by atoms with Crippen LogP contribution < -0.4 is 10.6 Å². The molecule has 3 rings (SSSR count). The van der Waals surface area contributed by atoms with Crippen molar-refractivity contribution in [2.45, 2.75) is 37.5 Å². The molecule has 0 heterocycles. The lowest BCUT2D eigenvalue weighted by atomic mass is 10.1. The Morgan fingerprint density at radius 1 is 1.00 bits per heavy atom. The summed E-state index contributed by atoms with van der Waals surface area (Å²) in [5.41, 5.74) is 2.32. The molecule has 0 atom stereocenters. The number of hydrogen-bond acceptors (Lipinski definition) is 3. The average Bonchev–Trinajstić information content (AvgIpc) is 3.17. The van der Waals surface area contributed by atoms with Gasteiger partial charge in [0, 0.05) is 23.0 Å². The van der Waals surface area contributed by atoms with Crippen LogP contribution in [0.25, 0.3) is 0 Å². The van der Waals surface area contributed by atoms with Crippen molar-refractivity contribution >= 4 is 29.3 Å². The monoisotopic (exact) mass is 386 g/mol. The topological polar surface area (TPSA) is 58.2 Å². The summed E-state index contributed by atoms with van der Waals surface area (Å²) in [6.07, 6.45) is 4.52. The first-order chi connectivity index (χ1) is 13.1. The second-order valence-corrected chi connectivity index (χ2v) is 7.69. The Labute approximate surface area is 162 Å². The summed E-state index contributed by atoms with van der Waals surface area (Å²) >= 11 is 1.49. The highest BCUT2D eigenvalue weighted by molar-refractivity contribution is 7.99. The minimum atomic E-state index is -0.331. The van der Waals surface area contributed by atoms with E-state index in [2.05, 4.69) is 10.6 Å². The molecule has 2 aromatic carbocycles. The number of benzene rings is 2. The molecule has 0 spiro atoms. The van der Waals surface area contributed by atoms with E-state index in [1.54, 1.807) is 0 Å². The predicted octanol–water partition coefficient (Wildman–Crippen LogP) is 4.37. The molecular weight excluding hydrogens is 363 g/mol. The fraction of sp³-hybridized carbons (Fsp3) is 0.333. The van der Waals surface area contributed by atoms with E-state index in [0.29, 0.717) is 28.8 Å². The van der Waals surface area contributed by atoms with Crippen molar-refractivity contribution in [3.05, 3.63) is 65.5 Å². The van der Waals surface area contributed by atoms with Crippen molar-refractivity contribution in [1.82, 2.24) is 5.32 Å². The van der Waals surface area contributed by atoms with Crippen molar-refractivity contribution in [1.29, 1.82) is 0 Å². The van der Waals surface area contributed by atoms with Gasteiger partial charge in [0.2, 0.25) is 5.91 Å². The summed E-state index contributed by atoms with van der Waals surface area (Å²) in [6, 6.07) is 13.5. The van der Waals surface area contributed by atoms with Crippen molar-refractivity contribution < 1.29 is 14.0 Å². The molecule has 4 nitrogen and oxygen atoms in total. The maximum Gasteiger partial charge on any atom is 0.251 e. The molecule has 1 fully saturated rings. The van der Waals surface area contributed by atoms with Gasteiger partial charge in [0.1, 0.15) is 5.82 Å². The van der Waals surface area contributed by atoms with E-state index in [9.17, 15) is 14.0 Å². The number of halogens is 1. The molecule has 0 radical (unpaired) electrons. The third kappa shape index (κ3) is 6.10. The Balaban J connectivity index is 1.41. The fourth-order valence-corrected chi connectivity index (χ4v) is 3.87. The second kappa shape index (κ2) is 9.55. The van der Waals surface area contributed by atoms with Crippen LogP contribution in [0.4, 0.5) is 10.1 Å². The number of carbonyl (C=O) groups excluding carboxylic acids is 2. The van der Waals surface area contributed by atoms with Gasteiger partial charge in [-0.25, -0.2) is 4.39 Å². The number of amides is 2.